The largest absolute Gasteiger partial charge is 0.497 e. The van der Waals surface area contributed by atoms with Crippen LogP contribution in [0.1, 0.15) is 11.1 Å². The summed E-state index contributed by atoms with van der Waals surface area (Å²) in [5.74, 6) is 1.77. The van der Waals surface area contributed by atoms with Crippen LogP contribution in [0.5, 0.6) is 11.5 Å². The second-order valence-corrected chi connectivity index (χ2v) is 4.52. The quantitative estimate of drug-likeness (QED) is 0.800. The second kappa shape index (κ2) is 4.37. The van der Waals surface area contributed by atoms with Crippen LogP contribution in [0.2, 0.25) is 0 Å². The number of hydrogen-bond acceptors (Lipinski definition) is 2. The van der Waals surface area contributed by atoms with Crippen LogP contribution in [0.25, 0.3) is 11.1 Å². The zero-order chi connectivity index (χ0) is 12.5. The molecule has 0 amide bonds. The Morgan fingerprint density at radius 1 is 0.889 bits per heavy atom. The third kappa shape index (κ3) is 1.65. The Hall–Kier alpha value is -1.96. The molecular weight excluding hydrogens is 224 g/mol. The molecule has 1 aliphatic carbocycles. The van der Waals surface area contributed by atoms with Gasteiger partial charge in [-0.3, -0.25) is 0 Å². The average molecular weight is 240 g/mol. The van der Waals surface area contributed by atoms with Gasteiger partial charge in [0.1, 0.15) is 11.5 Å². The maximum Gasteiger partial charge on any atom is 0.130 e. The predicted molar refractivity (Wildman–Crippen MR) is 72.4 cm³/mol. The Labute approximate surface area is 107 Å². The van der Waals surface area contributed by atoms with E-state index in [1.165, 1.54) is 22.3 Å². The van der Waals surface area contributed by atoms with Crippen molar-refractivity contribution in [2.45, 2.75) is 12.8 Å². The van der Waals surface area contributed by atoms with Gasteiger partial charge in [-0.15, -0.1) is 0 Å². The number of rotatable bonds is 2. The molecule has 0 saturated heterocycles. The van der Waals surface area contributed by atoms with E-state index in [0.29, 0.717) is 0 Å². The van der Waals surface area contributed by atoms with Crippen LogP contribution in [0.15, 0.2) is 36.4 Å². The molecule has 0 saturated carbocycles. The van der Waals surface area contributed by atoms with E-state index in [1.807, 2.05) is 6.07 Å². The number of benzene rings is 2. The standard InChI is InChI=1S/C16H16O2/c1-17-13-9-12-8-7-11-5-3-4-6-14(11)16(12)15(10-13)18-2/h3-6,9-10H,7-8H2,1-2H3. The molecule has 92 valence electrons. The SMILES string of the molecule is COc1cc2c(c(OC)c1)-c1ccccc1CC2. The van der Waals surface area contributed by atoms with Gasteiger partial charge in [-0.2, -0.15) is 0 Å². The maximum atomic E-state index is 5.53. The predicted octanol–water partition coefficient (Wildman–Crippen LogP) is 3.47. The lowest BCUT2D eigenvalue weighted by molar-refractivity contribution is 0.394. The summed E-state index contributed by atoms with van der Waals surface area (Å²) in [5.41, 5.74) is 5.22. The summed E-state index contributed by atoms with van der Waals surface area (Å²) < 4.78 is 10.9. The lowest BCUT2D eigenvalue weighted by Gasteiger charge is -2.22. The molecule has 0 unspecified atom stereocenters. The highest BCUT2D eigenvalue weighted by Gasteiger charge is 2.20. The molecule has 0 fully saturated rings. The van der Waals surface area contributed by atoms with E-state index in [-0.39, 0.29) is 0 Å². The van der Waals surface area contributed by atoms with Crippen molar-refractivity contribution in [3.63, 3.8) is 0 Å². The fraction of sp³-hybridized carbons (Fsp3) is 0.250. The Morgan fingerprint density at radius 3 is 2.44 bits per heavy atom. The molecule has 3 rings (SSSR count). The van der Waals surface area contributed by atoms with Gasteiger partial charge in [0.05, 0.1) is 14.2 Å². The van der Waals surface area contributed by atoms with Crippen molar-refractivity contribution in [1.82, 2.24) is 0 Å². The minimum atomic E-state index is 0.866. The van der Waals surface area contributed by atoms with Crippen LogP contribution in [0.4, 0.5) is 0 Å². The zero-order valence-electron chi connectivity index (χ0n) is 10.7. The molecule has 2 heteroatoms. The van der Waals surface area contributed by atoms with Crippen LogP contribution >= 0.6 is 0 Å². The highest BCUT2D eigenvalue weighted by Crippen LogP contribution is 2.42. The Bertz CT molecular complexity index is 570. The van der Waals surface area contributed by atoms with Gasteiger partial charge in [-0.05, 0) is 35.6 Å². The minimum Gasteiger partial charge on any atom is -0.497 e. The molecule has 0 radical (unpaired) electrons. The van der Waals surface area contributed by atoms with Crippen LogP contribution in [0.3, 0.4) is 0 Å². The number of ether oxygens (including phenoxy) is 2. The van der Waals surface area contributed by atoms with Crippen LogP contribution in [-0.2, 0) is 12.8 Å². The maximum absolute atomic E-state index is 5.53. The first kappa shape index (κ1) is 11.1. The number of aryl methyl sites for hydroxylation is 2. The highest BCUT2D eigenvalue weighted by molar-refractivity contribution is 5.79. The summed E-state index contributed by atoms with van der Waals surface area (Å²) in [6, 6.07) is 12.6. The van der Waals surface area contributed by atoms with Crippen molar-refractivity contribution in [2.75, 3.05) is 14.2 Å². The van der Waals surface area contributed by atoms with E-state index >= 15 is 0 Å². The summed E-state index contributed by atoms with van der Waals surface area (Å²) >= 11 is 0. The Balaban J connectivity index is 2.26. The minimum absolute atomic E-state index is 0.866. The van der Waals surface area contributed by atoms with E-state index in [2.05, 4.69) is 30.3 Å². The molecule has 2 aromatic carbocycles. The summed E-state index contributed by atoms with van der Waals surface area (Å²) in [5, 5.41) is 0. The fourth-order valence-corrected chi connectivity index (χ4v) is 2.68. The Kier molecular flexibility index (Phi) is 2.71. The second-order valence-electron chi connectivity index (χ2n) is 4.52. The van der Waals surface area contributed by atoms with Gasteiger partial charge in [0.25, 0.3) is 0 Å². The highest BCUT2D eigenvalue weighted by atomic mass is 16.5. The normalized spacial score (nSPS) is 12.6. The smallest absolute Gasteiger partial charge is 0.130 e. The fourth-order valence-electron chi connectivity index (χ4n) is 2.68. The summed E-state index contributed by atoms with van der Waals surface area (Å²) in [7, 11) is 3.41. The van der Waals surface area contributed by atoms with Crippen molar-refractivity contribution in [1.29, 1.82) is 0 Å². The molecule has 0 spiro atoms. The molecule has 0 heterocycles. The molecule has 0 N–H and O–H groups in total. The van der Waals surface area contributed by atoms with Crippen molar-refractivity contribution in [3.8, 4) is 22.6 Å². The first-order valence-electron chi connectivity index (χ1n) is 6.16. The summed E-state index contributed by atoms with van der Waals surface area (Å²) in [6.07, 6.45) is 2.12. The van der Waals surface area contributed by atoms with Gasteiger partial charge < -0.3 is 9.47 Å². The topological polar surface area (TPSA) is 18.5 Å². The van der Waals surface area contributed by atoms with Gasteiger partial charge in [-0.1, -0.05) is 24.3 Å². The molecule has 0 aromatic heterocycles. The molecule has 0 atom stereocenters. The molecule has 2 nitrogen and oxygen atoms in total. The first-order valence-corrected chi connectivity index (χ1v) is 6.16. The molecule has 18 heavy (non-hydrogen) atoms. The van der Waals surface area contributed by atoms with Crippen molar-refractivity contribution in [3.05, 3.63) is 47.5 Å². The number of fused-ring (bicyclic) bond motifs is 3. The number of hydrogen-bond donors (Lipinski definition) is 0. The lowest BCUT2D eigenvalue weighted by Crippen LogP contribution is -2.06. The van der Waals surface area contributed by atoms with E-state index in [4.69, 9.17) is 9.47 Å². The van der Waals surface area contributed by atoms with Gasteiger partial charge in [0, 0.05) is 11.6 Å². The van der Waals surface area contributed by atoms with E-state index in [9.17, 15) is 0 Å². The molecule has 0 aliphatic heterocycles. The van der Waals surface area contributed by atoms with Gasteiger partial charge in [0.2, 0.25) is 0 Å². The summed E-state index contributed by atoms with van der Waals surface area (Å²) in [4.78, 5) is 0. The summed E-state index contributed by atoms with van der Waals surface area (Å²) in [6.45, 7) is 0. The van der Waals surface area contributed by atoms with Gasteiger partial charge in [-0.25, -0.2) is 0 Å². The molecular formula is C16H16O2. The lowest BCUT2D eigenvalue weighted by atomic mass is 9.85. The van der Waals surface area contributed by atoms with Crippen LogP contribution in [-0.4, -0.2) is 14.2 Å². The first-order chi connectivity index (χ1) is 8.83. The van der Waals surface area contributed by atoms with Crippen molar-refractivity contribution >= 4 is 0 Å². The van der Waals surface area contributed by atoms with E-state index < -0.39 is 0 Å². The van der Waals surface area contributed by atoms with Gasteiger partial charge >= 0.3 is 0 Å². The third-order valence-electron chi connectivity index (χ3n) is 3.56. The third-order valence-corrected chi connectivity index (χ3v) is 3.56. The van der Waals surface area contributed by atoms with E-state index in [0.717, 1.165) is 24.3 Å². The monoisotopic (exact) mass is 240 g/mol. The number of methoxy groups -OCH3 is 2. The van der Waals surface area contributed by atoms with Crippen molar-refractivity contribution in [2.24, 2.45) is 0 Å². The Morgan fingerprint density at radius 2 is 1.67 bits per heavy atom. The molecule has 0 bridgehead atoms. The average Bonchev–Trinajstić information content (AvgIpc) is 2.45. The zero-order valence-corrected chi connectivity index (χ0v) is 10.7. The van der Waals surface area contributed by atoms with Gasteiger partial charge in [0.15, 0.2) is 0 Å². The molecule has 2 aromatic rings. The van der Waals surface area contributed by atoms with Crippen molar-refractivity contribution < 1.29 is 9.47 Å². The molecule has 1 aliphatic rings. The van der Waals surface area contributed by atoms with E-state index in [1.54, 1.807) is 14.2 Å². The van der Waals surface area contributed by atoms with Crippen LogP contribution < -0.4 is 9.47 Å². The van der Waals surface area contributed by atoms with Crippen LogP contribution in [0, 0.1) is 0 Å².